The van der Waals surface area contributed by atoms with Crippen LogP contribution in [0.3, 0.4) is 0 Å². The average molecular weight is 377 g/mol. The Bertz CT molecular complexity index is 610. The average Bonchev–Trinajstić information content (AvgIpc) is 2.53. The van der Waals surface area contributed by atoms with Gasteiger partial charge in [0.2, 0.25) is 5.91 Å². The van der Waals surface area contributed by atoms with Crippen molar-refractivity contribution in [2.45, 2.75) is 20.0 Å². The molecule has 2 N–H and O–H groups in total. The van der Waals surface area contributed by atoms with Gasteiger partial charge in [-0.2, -0.15) is 0 Å². The molecule has 0 bridgehead atoms. The zero-order valence-electron chi connectivity index (χ0n) is 13.2. The lowest BCUT2D eigenvalue weighted by Crippen LogP contribution is -2.39. The molecular weight excluding hydrogens is 359 g/mol. The van der Waals surface area contributed by atoms with Gasteiger partial charge >= 0.3 is 5.97 Å². The first-order chi connectivity index (χ1) is 11.3. The van der Waals surface area contributed by atoms with Gasteiger partial charge in [0.05, 0.1) is 11.6 Å². The monoisotopic (exact) mass is 376 g/mol. The van der Waals surface area contributed by atoms with Crippen LogP contribution in [0.2, 0.25) is 10.0 Å². The number of ether oxygens (including phenoxy) is 2. The second-order valence-electron chi connectivity index (χ2n) is 4.67. The highest BCUT2D eigenvalue weighted by atomic mass is 35.5. The van der Waals surface area contributed by atoms with Crippen molar-refractivity contribution >= 4 is 41.0 Å². The lowest BCUT2D eigenvalue weighted by Gasteiger charge is -2.15. The molecule has 7 nitrogen and oxygen atoms in total. The van der Waals surface area contributed by atoms with E-state index in [4.69, 9.17) is 32.7 Å². The number of hydrogen-bond acceptors (Lipinski definition) is 5. The van der Waals surface area contributed by atoms with Crippen molar-refractivity contribution < 1.29 is 23.9 Å². The van der Waals surface area contributed by atoms with Crippen LogP contribution in [0.15, 0.2) is 18.2 Å². The van der Waals surface area contributed by atoms with Crippen molar-refractivity contribution in [2.24, 2.45) is 0 Å². The molecular formula is C15H18Cl2N2O5. The van der Waals surface area contributed by atoms with Crippen LogP contribution in [0.25, 0.3) is 0 Å². The largest absolute Gasteiger partial charge is 0.477 e. The van der Waals surface area contributed by atoms with Crippen molar-refractivity contribution in [3.8, 4) is 5.75 Å². The Morgan fingerprint density at radius 2 is 1.88 bits per heavy atom. The molecule has 0 heterocycles. The van der Waals surface area contributed by atoms with E-state index in [-0.39, 0.29) is 23.2 Å². The molecule has 9 heteroatoms. The van der Waals surface area contributed by atoms with Gasteiger partial charge < -0.3 is 20.1 Å². The summed E-state index contributed by atoms with van der Waals surface area (Å²) in [6.45, 7) is 2.98. The number of benzene rings is 1. The molecule has 1 atom stereocenters. The summed E-state index contributed by atoms with van der Waals surface area (Å²) in [5.41, 5.74) is 0. The molecule has 0 aliphatic carbocycles. The van der Waals surface area contributed by atoms with Crippen LogP contribution in [0, 0.1) is 0 Å². The first-order valence-corrected chi connectivity index (χ1v) is 7.90. The first-order valence-electron chi connectivity index (χ1n) is 7.15. The third-order valence-corrected chi connectivity index (χ3v) is 3.23. The highest BCUT2D eigenvalue weighted by molar-refractivity contribution is 6.35. The molecule has 0 aliphatic rings. The van der Waals surface area contributed by atoms with Crippen LogP contribution in [-0.4, -0.2) is 43.6 Å². The molecule has 1 rings (SSSR count). The Kier molecular flexibility index (Phi) is 8.35. The summed E-state index contributed by atoms with van der Waals surface area (Å²) >= 11 is 11.7. The van der Waals surface area contributed by atoms with Gasteiger partial charge in [-0.15, -0.1) is 0 Å². The Labute approximate surface area is 149 Å². The summed E-state index contributed by atoms with van der Waals surface area (Å²) in [5, 5.41) is 5.53. The number of carbonyl (C=O) groups excluding carboxylic acids is 3. The molecule has 0 saturated carbocycles. The lowest BCUT2D eigenvalue weighted by molar-refractivity contribution is -0.154. The number of hydrogen-bond donors (Lipinski definition) is 2. The second-order valence-corrected chi connectivity index (χ2v) is 5.52. The quantitative estimate of drug-likeness (QED) is 0.671. The van der Waals surface area contributed by atoms with Crippen LogP contribution >= 0.6 is 23.2 Å². The third-order valence-electron chi connectivity index (χ3n) is 2.70. The Hall–Kier alpha value is -1.99. The van der Waals surface area contributed by atoms with Gasteiger partial charge in [0.25, 0.3) is 5.91 Å². The molecule has 24 heavy (non-hydrogen) atoms. The fraction of sp³-hybridized carbons (Fsp3) is 0.400. The van der Waals surface area contributed by atoms with Crippen molar-refractivity contribution in [3.05, 3.63) is 28.2 Å². The molecule has 0 unspecified atom stereocenters. The zero-order valence-corrected chi connectivity index (χ0v) is 14.7. The predicted octanol–water partition coefficient (Wildman–Crippen LogP) is 1.56. The predicted molar refractivity (Wildman–Crippen MR) is 89.2 cm³/mol. The molecule has 0 fully saturated rings. The van der Waals surface area contributed by atoms with E-state index in [9.17, 15) is 14.4 Å². The van der Waals surface area contributed by atoms with E-state index in [0.29, 0.717) is 11.6 Å². The van der Waals surface area contributed by atoms with E-state index >= 15 is 0 Å². The van der Waals surface area contributed by atoms with Crippen molar-refractivity contribution in [1.29, 1.82) is 0 Å². The molecule has 0 aliphatic heterocycles. The highest BCUT2D eigenvalue weighted by Crippen LogP contribution is 2.28. The van der Waals surface area contributed by atoms with E-state index in [2.05, 4.69) is 10.6 Å². The summed E-state index contributed by atoms with van der Waals surface area (Å²) in [7, 11) is 0. The highest BCUT2D eigenvalue weighted by Gasteiger charge is 2.19. The standard InChI is InChI=1S/C15H18Cl2N2O5/c1-3-18-13(20)7-19-14(21)8-23-15(22)9(2)24-12-5-4-10(16)6-11(12)17/h4-6,9H,3,7-8H2,1-2H3,(H,18,20)(H,19,21)/t9-/m0/s1. The number of halogens is 2. The second kappa shape index (κ2) is 10.00. The van der Waals surface area contributed by atoms with Crippen LogP contribution in [0.4, 0.5) is 0 Å². The number of rotatable bonds is 8. The first kappa shape index (κ1) is 20.1. The maximum atomic E-state index is 11.8. The molecule has 1 aromatic rings. The number of amides is 2. The maximum absolute atomic E-state index is 11.8. The minimum Gasteiger partial charge on any atom is -0.477 e. The van der Waals surface area contributed by atoms with Crippen molar-refractivity contribution in [3.63, 3.8) is 0 Å². The topological polar surface area (TPSA) is 93.7 Å². The van der Waals surface area contributed by atoms with Crippen LogP contribution < -0.4 is 15.4 Å². The van der Waals surface area contributed by atoms with E-state index in [1.807, 2.05) is 0 Å². The normalized spacial score (nSPS) is 11.3. The van der Waals surface area contributed by atoms with E-state index in [1.165, 1.54) is 19.1 Å². The number of nitrogens with one attached hydrogen (secondary N) is 2. The number of esters is 1. The summed E-state index contributed by atoms with van der Waals surface area (Å²) in [5.74, 6) is -1.39. The Balaban J connectivity index is 2.38. The summed E-state index contributed by atoms with van der Waals surface area (Å²) < 4.78 is 10.2. The SMILES string of the molecule is CCNC(=O)CNC(=O)COC(=O)[C@H](C)Oc1ccc(Cl)cc1Cl. The summed E-state index contributed by atoms with van der Waals surface area (Å²) in [6.07, 6.45) is -0.972. The van der Waals surface area contributed by atoms with E-state index in [0.717, 1.165) is 0 Å². The van der Waals surface area contributed by atoms with Crippen LogP contribution in [0.1, 0.15) is 13.8 Å². The molecule has 0 saturated heterocycles. The minimum atomic E-state index is -0.972. The molecule has 0 spiro atoms. The molecule has 2 amide bonds. The molecule has 0 aromatic heterocycles. The number of likely N-dealkylation sites (N-methyl/N-ethyl adjacent to an activating group) is 1. The van der Waals surface area contributed by atoms with Crippen molar-refractivity contribution in [2.75, 3.05) is 19.7 Å². The van der Waals surface area contributed by atoms with Gasteiger partial charge in [-0.1, -0.05) is 23.2 Å². The number of carbonyl (C=O) groups is 3. The smallest absolute Gasteiger partial charge is 0.347 e. The van der Waals surface area contributed by atoms with Gasteiger partial charge in [0, 0.05) is 11.6 Å². The minimum absolute atomic E-state index is 0.184. The van der Waals surface area contributed by atoms with E-state index in [1.54, 1.807) is 13.0 Å². The fourth-order valence-corrected chi connectivity index (χ4v) is 2.01. The van der Waals surface area contributed by atoms with Gasteiger partial charge in [-0.3, -0.25) is 9.59 Å². The summed E-state index contributed by atoms with van der Waals surface area (Å²) in [4.78, 5) is 34.5. The molecule has 1 aromatic carbocycles. The van der Waals surface area contributed by atoms with Crippen molar-refractivity contribution in [1.82, 2.24) is 10.6 Å². The Morgan fingerprint density at radius 3 is 2.50 bits per heavy atom. The van der Waals surface area contributed by atoms with Gasteiger partial charge in [0.1, 0.15) is 5.75 Å². The lowest BCUT2D eigenvalue weighted by atomic mass is 10.3. The van der Waals surface area contributed by atoms with Gasteiger partial charge in [0.15, 0.2) is 12.7 Å². The van der Waals surface area contributed by atoms with Crippen LogP contribution in [-0.2, 0) is 19.1 Å². The van der Waals surface area contributed by atoms with E-state index < -0.39 is 24.6 Å². The van der Waals surface area contributed by atoms with Gasteiger partial charge in [-0.05, 0) is 32.0 Å². The third kappa shape index (κ3) is 7.06. The summed E-state index contributed by atoms with van der Waals surface area (Å²) in [6, 6.07) is 4.56. The Morgan fingerprint density at radius 1 is 1.17 bits per heavy atom. The fourth-order valence-electron chi connectivity index (χ4n) is 1.55. The van der Waals surface area contributed by atoms with Crippen LogP contribution in [0.5, 0.6) is 5.75 Å². The van der Waals surface area contributed by atoms with Gasteiger partial charge in [-0.25, -0.2) is 4.79 Å². The molecule has 0 radical (unpaired) electrons. The molecule has 132 valence electrons. The maximum Gasteiger partial charge on any atom is 0.347 e. The zero-order chi connectivity index (χ0) is 18.1.